The van der Waals surface area contributed by atoms with Crippen LogP contribution in [0.1, 0.15) is 6.92 Å². The molecule has 1 amide bonds. The average Bonchev–Trinajstić information content (AvgIpc) is 2.14. The second-order valence-electron chi connectivity index (χ2n) is 2.45. The molecule has 2 N–H and O–H groups in total. The second-order valence-corrected chi connectivity index (χ2v) is 5.58. The van der Waals surface area contributed by atoms with E-state index in [1.165, 1.54) is 14.2 Å². The van der Waals surface area contributed by atoms with Gasteiger partial charge in [-0.1, -0.05) is 0 Å². The van der Waals surface area contributed by atoms with Crippen LogP contribution in [0.25, 0.3) is 0 Å². The van der Waals surface area contributed by atoms with E-state index < -0.39 is 8.56 Å². The molecule has 0 unspecified atom stereocenters. The van der Waals surface area contributed by atoms with Gasteiger partial charge in [0.25, 0.3) is 5.53 Å². The second kappa shape index (κ2) is 4.56. The van der Waals surface area contributed by atoms with E-state index in [0.717, 1.165) is 5.01 Å². The predicted octanol–water partition coefficient (Wildman–Crippen LogP) is 0.248. The summed E-state index contributed by atoms with van der Waals surface area (Å²) < 4.78 is 10.0. The summed E-state index contributed by atoms with van der Waals surface area (Å²) in [5, 5.41) is 1.11. The molecule has 0 spiro atoms. The predicted molar refractivity (Wildman–Crippen MR) is 47.6 cm³/mol. The molecule has 0 rings (SSSR count). The first-order chi connectivity index (χ1) is 5.51. The van der Waals surface area contributed by atoms with E-state index >= 15 is 0 Å². The number of rotatable bonds is 4. The molecule has 0 radical (unpaired) electrons. The Hall–Kier alpha value is -0.433. The Bertz CT molecular complexity index is 161. The molecule has 0 saturated carbocycles. The van der Waals surface area contributed by atoms with Crippen LogP contribution in [0.4, 0.5) is 4.79 Å². The summed E-state index contributed by atoms with van der Waals surface area (Å²) in [6, 6.07) is 0. The van der Waals surface area contributed by atoms with Crippen molar-refractivity contribution in [1.82, 2.24) is 5.01 Å². The summed E-state index contributed by atoms with van der Waals surface area (Å²) >= 11 is 0. The topological polar surface area (TPSA) is 64.8 Å². The number of hydrogen-bond acceptors (Lipinski definition) is 4. The number of carbonyl (C=O) groups excluding carboxylic acids is 1. The molecule has 0 aliphatic carbocycles. The molecular weight excluding hydrogens is 176 g/mol. The molecular formula is C6H16N2O3Si. The molecule has 0 aromatic carbocycles. The lowest BCUT2D eigenvalue weighted by atomic mass is 10.7. The smallest absolute Gasteiger partial charge is 0.392 e. The SMILES string of the molecule is CCN(N)C(=O)[Si](C)(OC)OC. The lowest BCUT2D eigenvalue weighted by Crippen LogP contribution is -2.55. The number of hydrazine groups is 1. The van der Waals surface area contributed by atoms with E-state index in [4.69, 9.17) is 14.7 Å². The number of nitrogens with zero attached hydrogens (tertiary/aromatic N) is 1. The van der Waals surface area contributed by atoms with Crippen molar-refractivity contribution in [3.63, 3.8) is 0 Å². The Balaban J connectivity index is 4.41. The van der Waals surface area contributed by atoms with Crippen molar-refractivity contribution in [3.05, 3.63) is 0 Å². The van der Waals surface area contributed by atoms with Crippen molar-refractivity contribution < 1.29 is 13.6 Å². The van der Waals surface area contributed by atoms with Gasteiger partial charge in [-0.15, -0.1) is 0 Å². The summed E-state index contributed by atoms with van der Waals surface area (Å²) in [7, 11) is 0.188. The largest absolute Gasteiger partial charge is 0.434 e. The fraction of sp³-hybridized carbons (Fsp3) is 0.833. The van der Waals surface area contributed by atoms with Crippen molar-refractivity contribution in [2.75, 3.05) is 20.8 Å². The van der Waals surface area contributed by atoms with Gasteiger partial charge in [0, 0.05) is 20.8 Å². The van der Waals surface area contributed by atoms with Crippen LogP contribution in [0.2, 0.25) is 6.55 Å². The Morgan fingerprint density at radius 2 is 1.92 bits per heavy atom. The lowest BCUT2D eigenvalue weighted by molar-refractivity contribution is 0.192. The standard InChI is InChI=1S/C6H16N2O3Si/c1-5-8(7)6(9)12(4,10-2)11-3/h5,7H2,1-4H3. The van der Waals surface area contributed by atoms with Crippen LogP contribution < -0.4 is 5.84 Å². The first-order valence-corrected chi connectivity index (χ1v) is 6.00. The van der Waals surface area contributed by atoms with Crippen molar-refractivity contribution in [2.45, 2.75) is 13.5 Å². The fourth-order valence-corrected chi connectivity index (χ4v) is 1.86. The van der Waals surface area contributed by atoms with Gasteiger partial charge in [-0.2, -0.15) is 0 Å². The zero-order valence-corrected chi connectivity index (χ0v) is 8.96. The molecule has 0 aliphatic heterocycles. The number of hydrogen-bond donors (Lipinski definition) is 1. The third-order valence-electron chi connectivity index (χ3n) is 1.77. The third-order valence-corrected chi connectivity index (χ3v) is 4.39. The highest BCUT2D eigenvalue weighted by molar-refractivity contribution is 6.95. The molecule has 0 aromatic heterocycles. The monoisotopic (exact) mass is 192 g/mol. The minimum Gasteiger partial charge on any atom is -0.392 e. The summed E-state index contributed by atoms with van der Waals surface area (Å²) in [5.41, 5.74) is -0.255. The van der Waals surface area contributed by atoms with Gasteiger partial charge in [-0.3, -0.25) is 9.80 Å². The molecule has 0 saturated heterocycles. The molecule has 0 atom stereocenters. The molecule has 0 fully saturated rings. The fourth-order valence-electron chi connectivity index (χ4n) is 0.662. The Labute approximate surface area is 73.7 Å². The van der Waals surface area contributed by atoms with Crippen molar-refractivity contribution in [3.8, 4) is 0 Å². The van der Waals surface area contributed by atoms with Gasteiger partial charge in [0.1, 0.15) is 0 Å². The third kappa shape index (κ3) is 2.28. The Kier molecular flexibility index (Phi) is 4.39. The van der Waals surface area contributed by atoms with Crippen LogP contribution in [-0.4, -0.2) is 39.9 Å². The number of nitrogens with two attached hydrogens (primary N) is 1. The summed E-state index contributed by atoms with van der Waals surface area (Å²) in [4.78, 5) is 11.5. The van der Waals surface area contributed by atoms with Crippen molar-refractivity contribution in [2.24, 2.45) is 5.84 Å². The van der Waals surface area contributed by atoms with E-state index in [9.17, 15) is 4.79 Å². The van der Waals surface area contributed by atoms with Gasteiger partial charge < -0.3 is 8.85 Å². The minimum absolute atomic E-state index is 0.255. The van der Waals surface area contributed by atoms with Crippen LogP contribution >= 0.6 is 0 Å². The normalized spacial score (nSPS) is 11.4. The first kappa shape index (κ1) is 11.6. The summed E-state index contributed by atoms with van der Waals surface area (Å²) in [6.07, 6.45) is 0. The van der Waals surface area contributed by atoms with E-state index in [1.807, 2.05) is 0 Å². The molecule has 5 nitrogen and oxygen atoms in total. The van der Waals surface area contributed by atoms with Gasteiger partial charge >= 0.3 is 8.56 Å². The minimum atomic E-state index is -2.72. The zero-order chi connectivity index (χ0) is 9.78. The van der Waals surface area contributed by atoms with Crippen LogP contribution in [-0.2, 0) is 8.85 Å². The Morgan fingerprint density at radius 1 is 1.50 bits per heavy atom. The molecule has 72 valence electrons. The van der Waals surface area contributed by atoms with Crippen molar-refractivity contribution in [1.29, 1.82) is 0 Å². The maximum Gasteiger partial charge on any atom is 0.434 e. The molecule has 0 bridgehead atoms. The number of carbonyl (C=O) groups is 1. The maximum absolute atomic E-state index is 11.5. The molecule has 0 aromatic rings. The highest BCUT2D eigenvalue weighted by atomic mass is 28.4. The van der Waals surface area contributed by atoms with Gasteiger partial charge in [0.2, 0.25) is 0 Å². The lowest BCUT2D eigenvalue weighted by Gasteiger charge is -2.25. The van der Waals surface area contributed by atoms with E-state index in [1.54, 1.807) is 13.5 Å². The highest BCUT2D eigenvalue weighted by Crippen LogP contribution is 2.08. The van der Waals surface area contributed by atoms with E-state index in [2.05, 4.69) is 0 Å². The quantitative estimate of drug-likeness (QED) is 0.300. The van der Waals surface area contributed by atoms with Gasteiger partial charge in [-0.05, 0) is 13.5 Å². The maximum atomic E-state index is 11.5. The van der Waals surface area contributed by atoms with Gasteiger partial charge in [0.05, 0.1) is 0 Å². The highest BCUT2D eigenvalue weighted by Gasteiger charge is 2.41. The van der Waals surface area contributed by atoms with Crippen LogP contribution in [0.5, 0.6) is 0 Å². The van der Waals surface area contributed by atoms with E-state index in [-0.39, 0.29) is 5.53 Å². The number of amides is 1. The van der Waals surface area contributed by atoms with Crippen LogP contribution in [0, 0.1) is 0 Å². The molecule has 0 heterocycles. The van der Waals surface area contributed by atoms with Crippen molar-refractivity contribution >= 4 is 14.1 Å². The zero-order valence-electron chi connectivity index (χ0n) is 7.96. The molecule has 6 heteroatoms. The first-order valence-electron chi connectivity index (χ1n) is 3.68. The summed E-state index contributed by atoms with van der Waals surface area (Å²) in [5.74, 6) is 5.41. The molecule has 12 heavy (non-hydrogen) atoms. The average molecular weight is 192 g/mol. The van der Waals surface area contributed by atoms with Gasteiger partial charge in [-0.25, -0.2) is 5.84 Å². The van der Waals surface area contributed by atoms with Gasteiger partial charge in [0.15, 0.2) is 0 Å². The molecule has 0 aliphatic rings. The van der Waals surface area contributed by atoms with Crippen LogP contribution in [0.15, 0.2) is 0 Å². The van der Waals surface area contributed by atoms with Crippen LogP contribution in [0.3, 0.4) is 0 Å². The summed E-state index contributed by atoms with van der Waals surface area (Å²) in [6.45, 7) is 3.90. The van der Waals surface area contributed by atoms with E-state index in [0.29, 0.717) is 6.54 Å². The Morgan fingerprint density at radius 3 is 2.17 bits per heavy atom.